The van der Waals surface area contributed by atoms with Crippen molar-refractivity contribution in [3.05, 3.63) is 64.4 Å². The molecule has 3 aromatic rings. The molecule has 0 saturated carbocycles. The van der Waals surface area contributed by atoms with Crippen LogP contribution in [0.1, 0.15) is 25.8 Å². The molecule has 5 nitrogen and oxygen atoms in total. The van der Waals surface area contributed by atoms with E-state index in [0.29, 0.717) is 28.5 Å². The number of nitrogens with zero attached hydrogens (tertiary/aromatic N) is 2. The van der Waals surface area contributed by atoms with E-state index in [1.165, 1.54) is 11.8 Å². The Bertz CT molecular complexity index is 1040. The molecule has 0 saturated heterocycles. The zero-order chi connectivity index (χ0) is 20.1. The number of carbonyl (C=O) groups excluding carboxylic acids is 1. The van der Waals surface area contributed by atoms with Gasteiger partial charge in [0.1, 0.15) is 0 Å². The number of nitrogens with one attached hydrogen (secondary N) is 1. The van der Waals surface area contributed by atoms with Crippen LogP contribution in [0.2, 0.25) is 0 Å². The van der Waals surface area contributed by atoms with E-state index in [2.05, 4.69) is 24.1 Å². The van der Waals surface area contributed by atoms with Crippen molar-refractivity contribution >= 4 is 28.6 Å². The Balaban J connectivity index is 1.94. The molecule has 0 aliphatic heterocycles. The summed E-state index contributed by atoms with van der Waals surface area (Å²) in [6.45, 7) is 6.87. The fraction of sp³-hybridized carbons (Fsp3) is 0.318. The van der Waals surface area contributed by atoms with Crippen molar-refractivity contribution in [3.8, 4) is 5.69 Å². The summed E-state index contributed by atoms with van der Waals surface area (Å²) in [7, 11) is 0. The normalized spacial score (nSPS) is 11.1. The lowest BCUT2D eigenvalue weighted by Crippen LogP contribution is -2.28. The van der Waals surface area contributed by atoms with Gasteiger partial charge in [-0.05, 0) is 43.0 Å². The van der Waals surface area contributed by atoms with Crippen molar-refractivity contribution in [2.75, 3.05) is 12.3 Å². The van der Waals surface area contributed by atoms with E-state index in [0.717, 1.165) is 17.7 Å². The SMILES string of the molecule is Cc1ccccc1-n1c(SCC(=O)NCCC(C)C)nc2ccccc2c1=O. The number of carbonyl (C=O) groups is 1. The first-order valence-corrected chi connectivity index (χ1v) is 10.4. The number of hydrogen-bond acceptors (Lipinski definition) is 4. The minimum absolute atomic E-state index is 0.0515. The van der Waals surface area contributed by atoms with Gasteiger partial charge in [-0.3, -0.25) is 14.2 Å². The molecule has 1 aromatic heterocycles. The molecule has 0 aliphatic carbocycles. The molecule has 0 bridgehead atoms. The number of para-hydroxylation sites is 2. The van der Waals surface area contributed by atoms with Crippen LogP contribution in [0.25, 0.3) is 16.6 Å². The molecule has 1 heterocycles. The largest absolute Gasteiger partial charge is 0.355 e. The second kappa shape index (κ2) is 9.06. The van der Waals surface area contributed by atoms with Crippen LogP contribution in [-0.2, 0) is 4.79 Å². The van der Waals surface area contributed by atoms with Crippen LogP contribution in [0, 0.1) is 12.8 Å². The van der Waals surface area contributed by atoms with Gasteiger partial charge in [0.2, 0.25) is 5.91 Å². The molecule has 2 aromatic carbocycles. The number of aromatic nitrogens is 2. The van der Waals surface area contributed by atoms with Crippen LogP contribution in [-0.4, -0.2) is 27.8 Å². The highest BCUT2D eigenvalue weighted by molar-refractivity contribution is 7.99. The van der Waals surface area contributed by atoms with Gasteiger partial charge in [0, 0.05) is 6.54 Å². The standard InChI is InChI=1S/C22H25N3O2S/c1-15(2)12-13-23-20(26)14-28-22-24-18-10-6-5-9-17(18)21(27)25(22)19-11-7-4-8-16(19)3/h4-11,15H,12-14H2,1-3H3,(H,23,26). The Labute approximate surface area is 169 Å². The van der Waals surface area contributed by atoms with Gasteiger partial charge in [0.25, 0.3) is 5.56 Å². The summed E-state index contributed by atoms with van der Waals surface area (Å²) in [6.07, 6.45) is 0.943. The van der Waals surface area contributed by atoms with Crippen LogP contribution in [0.3, 0.4) is 0 Å². The van der Waals surface area contributed by atoms with Crippen molar-refractivity contribution in [3.63, 3.8) is 0 Å². The average Bonchev–Trinajstić information content (AvgIpc) is 2.67. The summed E-state index contributed by atoms with van der Waals surface area (Å²) in [5, 5.41) is 4.02. The van der Waals surface area contributed by atoms with Crippen molar-refractivity contribution < 1.29 is 4.79 Å². The highest BCUT2D eigenvalue weighted by Gasteiger charge is 2.15. The Morgan fingerprint density at radius 1 is 1.14 bits per heavy atom. The van der Waals surface area contributed by atoms with E-state index in [9.17, 15) is 9.59 Å². The molecule has 0 fully saturated rings. The zero-order valence-corrected chi connectivity index (χ0v) is 17.3. The van der Waals surface area contributed by atoms with Crippen molar-refractivity contribution in [2.24, 2.45) is 5.92 Å². The van der Waals surface area contributed by atoms with Gasteiger partial charge in [-0.15, -0.1) is 0 Å². The molecule has 146 valence electrons. The molecule has 6 heteroatoms. The topological polar surface area (TPSA) is 64.0 Å². The van der Waals surface area contributed by atoms with E-state index in [1.807, 2.05) is 49.4 Å². The summed E-state index contributed by atoms with van der Waals surface area (Å²) in [5.41, 5.74) is 2.28. The van der Waals surface area contributed by atoms with Crippen LogP contribution in [0.5, 0.6) is 0 Å². The number of rotatable bonds is 7. The first-order valence-electron chi connectivity index (χ1n) is 9.44. The fourth-order valence-electron chi connectivity index (χ4n) is 2.92. The molecule has 3 rings (SSSR count). The van der Waals surface area contributed by atoms with Crippen molar-refractivity contribution in [1.82, 2.24) is 14.9 Å². The zero-order valence-electron chi connectivity index (χ0n) is 16.4. The Kier molecular flexibility index (Phi) is 6.52. The molecule has 0 radical (unpaired) electrons. The number of amides is 1. The van der Waals surface area contributed by atoms with Gasteiger partial charge in [0.05, 0.1) is 22.3 Å². The van der Waals surface area contributed by atoms with Crippen molar-refractivity contribution in [2.45, 2.75) is 32.3 Å². The number of thioether (sulfide) groups is 1. The molecule has 0 spiro atoms. The van der Waals surface area contributed by atoms with Crippen LogP contribution >= 0.6 is 11.8 Å². The molecule has 1 amide bonds. The maximum absolute atomic E-state index is 13.2. The average molecular weight is 396 g/mol. The van der Waals surface area contributed by atoms with E-state index in [-0.39, 0.29) is 17.2 Å². The lowest BCUT2D eigenvalue weighted by molar-refractivity contribution is -0.118. The molecule has 0 atom stereocenters. The first kappa shape index (κ1) is 20.1. The highest BCUT2D eigenvalue weighted by atomic mass is 32.2. The molecular weight excluding hydrogens is 370 g/mol. The van der Waals surface area contributed by atoms with Crippen LogP contribution in [0.15, 0.2) is 58.5 Å². The van der Waals surface area contributed by atoms with E-state index in [4.69, 9.17) is 0 Å². The number of aryl methyl sites for hydroxylation is 1. The smallest absolute Gasteiger partial charge is 0.266 e. The van der Waals surface area contributed by atoms with Gasteiger partial charge in [-0.1, -0.05) is 55.9 Å². The number of benzene rings is 2. The maximum atomic E-state index is 13.2. The predicted molar refractivity (Wildman–Crippen MR) is 115 cm³/mol. The molecule has 28 heavy (non-hydrogen) atoms. The second-order valence-electron chi connectivity index (χ2n) is 7.16. The number of fused-ring (bicyclic) bond motifs is 1. The van der Waals surface area contributed by atoms with Gasteiger partial charge < -0.3 is 5.32 Å². The van der Waals surface area contributed by atoms with Gasteiger partial charge >= 0.3 is 0 Å². The molecule has 1 N–H and O–H groups in total. The van der Waals surface area contributed by atoms with E-state index in [1.54, 1.807) is 10.6 Å². The molecule has 0 aliphatic rings. The lowest BCUT2D eigenvalue weighted by atomic mass is 10.1. The van der Waals surface area contributed by atoms with Crippen molar-refractivity contribution in [1.29, 1.82) is 0 Å². The minimum Gasteiger partial charge on any atom is -0.355 e. The van der Waals surface area contributed by atoms with Crippen LogP contribution < -0.4 is 10.9 Å². The fourth-order valence-corrected chi connectivity index (χ4v) is 3.75. The Morgan fingerprint density at radius 2 is 1.86 bits per heavy atom. The second-order valence-corrected chi connectivity index (χ2v) is 8.10. The molecule has 0 unspecified atom stereocenters. The quantitative estimate of drug-likeness (QED) is 0.486. The third-order valence-electron chi connectivity index (χ3n) is 4.48. The Morgan fingerprint density at radius 3 is 2.61 bits per heavy atom. The maximum Gasteiger partial charge on any atom is 0.266 e. The van der Waals surface area contributed by atoms with Gasteiger partial charge in [-0.25, -0.2) is 4.98 Å². The minimum atomic E-state index is -0.123. The van der Waals surface area contributed by atoms with Crippen LogP contribution in [0.4, 0.5) is 0 Å². The summed E-state index contributed by atoms with van der Waals surface area (Å²) in [6, 6.07) is 15.0. The monoisotopic (exact) mass is 395 g/mol. The summed E-state index contributed by atoms with van der Waals surface area (Å²) in [5.74, 6) is 0.708. The Hall–Kier alpha value is -2.60. The highest BCUT2D eigenvalue weighted by Crippen LogP contribution is 2.22. The lowest BCUT2D eigenvalue weighted by Gasteiger charge is -2.15. The summed E-state index contributed by atoms with van der Waals surface area (Å²) < 4.78 is 1.61. The molecular formula is C22H25N3O2S. The van der Waals surface area contributed by atoms with E-state index < -0.39 is 0 Å². The summed E-state index contributed by atoms with van der Waals surface area (Å²) in [4.78, 5) is 30.1. The van der Waals surface area contributed by atoms with Gasteiger partial charge in [-0.2, -0.15) is 0 Å². The van der Waals surface area contributed by atoms with E-state index >= 15 is 0 Å². The van der Waals surface area contributed by atoms with Gasteiger partial charge in [0.15, 0.2) is 5.16 Å². The first-order chi connectivity index (χ1) is 13.5. The number of hydrogen-bond donors (Lipinski definition) is 1. The summed E-state index contributed by atoms with van der Waals surface area (Å²) >= 11 is 1.29. The predicted octanol–water partition coefficient (Wildman–Crippen LogP) is 3.95. The third-order valence-corrected chi connectivity index (χ3v) is 5.42. The third kappa shape index (κ3) is 4.62.